The summed E-state index contributed by atoms with van der Waals surface area (Å²) in [5.41, 5.74) is 2.79. The van der Waals surface area contributed by atoms with Crippen LogP contribution in [0.3, 0.4) is 0 Å². The molecule has 3 rings (SSSR count). The molecule has 0 amide bonds. The van der Waals surface area contributed by atoms with Crippen LogP contribution in [0.1, 0.15) is 41.5 Å². The van der Waals surface area contributed by atoms with E-state index >= 15 is 0 Å². The molecule has 1 aliphatic heterocycles. The lowest BCUT2D eigenvalue weighted by atomic mass is 10.3. The van der Waals surface area contributed by atoms with Crippen LogP contribution >= 0.6 is 15.8 Å². The molecular weight excluding hydrogens is 378 g/mol. The van der Waals surface area contributed by atoms with Gasteiger partial charge in [-0.05, 0) is 34.6 Å². The zero-order valence-electron chi connectivity index (χ0n) is 18.4. The molecular formula is C24H36N2P2. The first-order valence-electron chi connectivity index (χ1n) is 10.2. The monoisotopic (exact) mass is 414 g/mol. The molecule has 0 saturated carbocycles. The third kappa shape index (κ3) is 5.49. The summed E-state index contributed by atoms with van der Waals surface area (Å²) in [5.74, 6) is 0. The van der Waals surface area contributed by atoms with Crippen LogP contribution in [0.4, 0.5) is 11.4 Å². The fourth-order valence-electron chi connectivity index (χ4n) is 3.46. The summed E-state index contributed by atoms with van der Waals surface area (Å²) in [5, 5.41) is 0.661. The van der Waals surface area contributed by atoms with Gasteiger partial charge in [-0.1, -0.05) is 93.8 Å². The maximum Gasteiger partial charge on any atom is 0.0402 e. The summed E-state index contributed by atoms with van der Waals surface area (Å²) in [7, 11) is -0.350. The number of para-hydroxylation sites is 2. The number of rotatable bonds is 2. The van der Waals surface area contributed by atoms with Gasteiger partial charge in [0.25, 0.3) is 0 Å². The Bertz CT molecular complexity index is 657. The topological polar surface area (TPSA) is 6.48 Å². The van der Waals surface area contributed by atoms with E-state index in [9.17, 15) is 0 Å². The Morgan fingerprint density at radius 2 is 0.821 bits per heavy atom. The molecule has 4 heteroatoms. The van der Waals surface area contributed by atoms with E-state index in [1.54, 1.807) is 0 Å². The van der Waals surface area contributed by atoms with Crippen LogP contribution in [0.2, 0.25) is 0 Å². The molecule has 0 aliphatic carbocycles. The lowest BCUT2D eigenvalue weighted by Crippen LogP contribution is -2.40. The molecule has 28 heavy (non-hydrogen) atoms. The highest BCUT2D eigenvalue weighted by molar-refractivity contribution is 7.61. The highest BCUT2D eigenvalue weighted by Crippen LogP contribution is 2.58. The van der Waals surface area contributed by atoms with E-state index in [4.69, 9.17) is 0 Å². The van der Waals surface area contributed by atoms with Gasteiger partial charge in [-0.3, -0.25) is 0 Å². The molecule has 0 radical (unpaired) electrons. The fourth-order valence-corrected chi connectivity index (χ4v) is 8.35. The Labute approximate surface area is 174 Å². The molecule has 0 N–H and O–H groups in total. The summed E-state index contributed by atoms with van der Waals surface area (Å²) >= 11 is 0. The van der Waals surface area contributed by atoms with Gasteiger partial charge in [0.15, 0.2) is 0 Å². The maximum absolute atomic E-state index is 2.70. The molecule has 1 fully saturated rings. The molecule has 152 valence electrons. The molecule has 1 saturated heterocycles. The van der Waals surface area contributed by atoms with Crippen molar-refractivity contribution in [2.24, 2.45) is 0 Å². The zero-order valence-corrected chi connectivity index (χ0v) is 20.2. The van der Waals surface area contributed by atoms with Gasteiger partial charge in [0.1, 0.15) is 0 Å². The van der Waals surface area contributed by atoms with Crippen molar-refractivity contribution in [2.45, 2.75) is 51.9 Å². The minimum atomic E-state index is -0.175. The van der Waals surface area contributed by atoms with E-state index in [-0.39, 0.29) is 15.8 Å². The average molecular weight is 415 g/mol. The van der Waals surface area contributed by atoms with Crippen LogP contribution in [-0.4, -0.2) is 35.5 Å². The normalized spacial score (nSPS) is 21.9. The highest BCUT2D eigenvalue weighted by Gasteiger charge is 2.35. The molecule has 0 aromatic heterocycles. The Morgan fingerprint density at radius 1 is 0.536 bits per heavy atom. The summed E-state index contributed by atoms with van der Waals surface area (Å²) < 4.78 is 0. The first kappa shape index (κ1) is 21.6. The van der Waals surface area contributed by atoms with Gasteiger partial charge in [0.2, 0.25) is 0 Å². The van der Waals surface area contributed by atoms with E-state index < -0.39 is 0 Å². The summed E-state index contributed by atoms with van der Waals surface area (Å²) in [6.07, 6.45) is 4.73. The van der Waals surface area contributed by atoms with Crippen molar-refractivity contribution in [3.05, 3.63) is 60.7 Å². The van der Waals surface area contributed by atoms with Crippen molar-refractivity contribution < 1.29 is 0 Å². The molecule has 0 unspecified atom stereocenters. The molecule has 2 nitrogen and oxygen atoms in total. The minimum absolute atomic E-state index is 0.175. The lowest BCUT2D eigenvalue weighted by molar-refractivity contribution is 0.753. The van der Waals surface area contributed by atoms with Gasteiger partial charge < -0.3 is 9.80 Å². The summed E-state index contributed by atoms with van der Waals surface area (Å²) in [6, 6.07) is 22.2. The van der Waals surface area contributed by atoms with Gasteiger partial charge in [-0.25, -0.2) is 0 Å². The van der Waals surface area contributed by atoms with Gasteiger partial charge in [0, 0.05) is 36.5 Å². The first-order chi connectivity index (χ1) is 13.1. The predicted molar refractivity (Wildman–Crippen MR) is 131 cm³/mol. The second-order valence-corrected chi connectivity index (χ2v) is 15.7. The van der Waals surface area contributed by atoms with Crippen molar-refractivity contribution >= 4 is 27.2 Å². The lowest BCUT2D eigenvalue weighted by Gasteiger charge is -2.48. The number of anilines is 2. The summed E-state index contributed by atoms with van der Waals surface area (Å²) in [4.78, 5) is 5.41. The van der Waals surface area contributed by atoms with Crippen molar-refractivity contribution in [1.29, 1.82) is 0 Å². The Balaban J connectivity index is 1.98. The maximum atomic E-state index is 2.70. The van der Waals surface area contributed by atoms with Crippen molar-refractivity contribution in [1.82, 2.24) is 0 Å². The molecule has 2 aromatic rings. The van der Waals surface area contributed by atoms with Crippen LogP contribution < -0.4 is 9.80 Å². The molecule has 0 bridgehead atoms. The highest BCUT2D eigenvalue weighted by atomic mass is 31.1. The molecule has 0 spiro atoms. The van der Waals surface area contributed by atoms with Gasteiger partial charge in [-0.2, -0.15) is 0 Å². The van der Waals surface area contributed by atoms with E-state index in [0.29, 0.717) is 10.3 Å². The van der Waals surface area contributed by atoms with E-state index in [1.165, 1.54) is 36.5 Å². The second kappa shape index (κ2) is 8.73. The Kier molecular flexibility index (Phi) is 6.73. The second-order valence-electron chi connectivity index (χ2n) is 9.74. The van der Waals surface area contributed by atoms with Crippen molar-refractivity contribution in [2.75, 3.05) is 34.9 Å². The van der Waals surface area contributed by atoms with E-state index in [2.05, 4.69) is 112 Å². The SMILES string of the molecule is CC(C)(C)P1CN(c2ccccc2)CP(C(C)(C)C)CN(c2ccccc2)C1. The standard InChI is InChI=1S/C24H36N2P2/c1-23(2,3)27-17-25(21-13-9-7-10-14-21)19-28(24(4,5)6)20-26(18-27)22-15-11-8-12-16-22/h7-16H,17-20H2,1-6H3. The van der Waals surface area contributed by atoms with Crippen molar-refractivity contribution in [3.8, 4) is 0 Å². The third-order valence-corrected chi connectivity index (χ3v) is 12.0. The quantitative estimate of drug-likeness (QED) is 0.472. The fraction of sp³-hybridized carbons (Fsp3) is 0.500. The number of benzene rings is 2. The van der Waals surface area contributed by atoms with E-state index in [1.807, 2.05) is 0 Å². The molecule has 1 heterocycles. The molecule has 2 aromatic carbocycles. The first-order valence-corrected chi connectivity index (χ1v) is 13.7. The minimum Gasteiger partial charge on any atom is -0.363 e. The van der Waals surface area contributed by atoms with Crippen LogP contribution in [0, 0.1) is 0 Å². The van der Waals surface area contributed by atoms with Crippen LogP contribution in [-0.2, 0) is 0 Å². The number of hydrogen-bond acceptors (Lipinski definition) is 2. The van der Waals surface area contributed by atoms with Gasteiger partial charge >= 0.3 is 0 Å². The zero-order chi connectivity index (χ0) is 20.4. The van der Waals surface area contributed by atoms with E-state index in [0.717, 1.165) is 0 Å². The predicted octanol–water partition coefficient (Wildman–Crippen LogP) is 7.40. The van der Waals surface area contributed by atoms with Crippen LogP contribution in [0.25, 0.3) is 0 Å². The largest absolute Gasteiger partial charge is 0.363 e. The Hall–Kier alpha value is -1.10. The van der Waals surface area contributed by atoms with Crippen molar-refractivity contribution in [3.63, 3.8) is 0 Å². The molecule has 1 aliphatic rings. The van der Waals surface area contributed by atoms with Crippen LogP contribution in [0.15, 0.2) is 60.7 Å². The third-order valence-electron chi connectivity index (χ3n) is 5.51. The number of hydrogen-bond donors (Lipinski definition) is 0. The van der Waals surface area contributed by atoms with Gasteiger partial charge in [-0.15, -0.1) is 0 Å². The average Bonchev–Trinajstić information content (AvgIpc) is 2.61. The van der Waals surface area contributed by atoms with Gasteiger partial charge in [0.05, 0.1) is 0 Å². The summed E-state index contributed by atoms with van der Waals surface area (Å²) in [6.45, 7) is 14.6. The molecule has 0 atom stereocenters. The van der Waals surface area contributed by atoms with Crippen LogP contribution in [0.5, 0.6) is 0 Å². The smallest absolute Gasteiger partial charge is 0.0402 e. The number of nitrogens with zero attached hydrogens (tertiary/aromatic N) is 2. The Morgan fingerprint density at radius 3 is 1.07 bits per heavy atom.